The summed E-state index contributed by atoms with van der Waals surface area (Å²) in [4.78, 5) is 4.96. The van der Waals surface area contributed by atoms with Gasteiger partial charge in [0.2, 0.25) is 0 Å². The van der Waals surface area contributed by atoms with Gasteiger partial charge in [0.15, 0.2) is 0 Å². The monoisotopic (exact) mass is 346 g/mol. The standard InChI is InChI=1S/C22H26N4/c1-15(2)21-24-22(16(3)4)26(25(21)5)19-12-10-17(11-13-19)20-9-7-6-8-18(20)14-23/h6-13,15-16,21H,1-5H3. The Kier molecular flexibility index (Phi) is 5.11. The number of nitrogens with zero attached hydrogens (tertiary/aromatic N) is 4. The van der Waals surface area contributed by atoms with Crippen molar-refractivity contribution in [3.05, 3.63) is 54.1 Å². The van der Waals surface area contributed by atoms with Crippen molar-refractivity contribution in [1.29, 1.82) is 5.26 Å². The van der Waals surface area contributed by atoms with Gasteiger partial charge < -0.3 is 0 Å². The highest BCUT2D eigenvalue weighted by Crippen LogP contribution is 2.31. The average molecular weight is 346 g/mol. The third kappa shape index (κ3) is 3.23. The van der Waals surface area contributed by atoms with Crippen molar-refractivity contribution in [2.75, 3.05) is 12.1 Å². The highest BCUT2D eigenvalue weighted by atomic mass is 15.7. The lowest BCUT2D eigenvalue weighted by Gasteiger charge is -2.32. The van der Waals surface area contributed by atoms with E-state index in [1.165, 1.54) is 0 Å². The van der Waals surface area contributed by atoms with E-state index in [-0.39, 0.29) is 6.17 Å². The number of hydrazine groups is 1. The Morgan fingerprint density at radius 3 is 2.23 bits per heavy atom. The zero-order chi connectivity index (χ0) is 18.8. The molecule has 1 aliphatic rings. The first-order valence-corrected chi connectivity index (χ1v) is 9.14. The minimum Gasteiger partial charge on any atom is -0.259 e. The van der Waals surface area contributed by atoms with E-state index in [4.69, 9.17) is 4.99 Å². The van der Waals surface area contributed by atoms with Gasteiger partial charge in [0, 0.05) is 13.0 Å². The summed E-state index contributed by atoms with van der Waals surface area (Å²) >= 11 is 0. The van der Waals surface area contributed by atoms with E-state index in [1.807, 2.05) is 24.3 Å². The maximum atomic E-state index is 9.34. The number of hydrogen-bond acceptors (Lipinski definition) is 4. The molecule has 3 rings (SSSR count). The van der Waals surface area contributed by atoms with Gasteiger partial charge in [0.05, 0.1) is 17.3 Å². The Labute approximate surface area is 156 Å². The van der Waals surface area contributed by atoms with Gasteiger partial charge in [0.1, 0.15) is 12.0 Å². The van der Waals surface area contributed by atoms with Gasteiger partial charge >= 0.3 is 0 Å². The number of amidine groups is 1. The van der Waals surface area contributed by atoms with Crippen molar-refractivity contribution in [3.63, 3.8) is 0 Å². The molecule has 1 unspecified atom stereocenters. The van der Waals surface area contributed by atoms with Crippen molar-refractivity contribution in [1.82, 2.24) is 5.01 Å². The Morgan fingerprint density at radius 1 is 1.00 bits per heavy atom. The van der Waals surface area contributed by atoms with E-state index in [0.717, 1.165) is 22.6 Å². The molecule has 26 heavy (non-hydrogen) atoms. The normalized spacial score (nSPS) is 17.7. The first-order chi connectivity index (χ1) is 12.4. The van der Waals surface area contributed by atoms with Crippen LogP contribution in [0.3, 0.4) is 0 Å². The van der Waals surface area contributed by atoms with Crippen molar-refractivity contribution in [3.8, 4) is 17.2 Å². The van der Waals surface area contributed by atoms with Crippen LogP contribution in [0.4, 0.5) is 5.69 Å². The number of nitriles is 1. The first kappa shape index (κ1) is 18.2. The molecule has 0 aliphatic carbocycles. The number of anilines is 1. The molecule has 1 heterocycles. The van der Waals surface area contributed by atoms with Crippen LogP contribution in [-0.4, -0.2) is 24.1 Å². The van der Waals surface area contributed by atoms with E-state index in [1.54, 1.807) is 0 Å². The summed E-state index contributed by atoms with van der Waals surface area (Å²) in [6.07, 6.45) is 0.159. The van der Waals surface area contributed by atoms with Gasteiger partial charge in [-0.25, -0.2) is 4.99 Å². The van der Waals surface area contributed by atoms with Crippen LogP contribution in [0.1, 0.15) is 33.3 Å². The summed E-state index contributed by atoms with van der Waals surface area (Å²) in [7, 11) is 2.10. The van der Waals surface area contributed by atoms with E-state index >= 15 is 0 Å². The maximum absolute atomic E-state index is 9.34. The van der Waals surface area contributed by atoms with Gasteiger partial charge in [0.25, 0.3) is 0 Å². The van der Waals surface area contributed by atoms with Crippen molar-refractivity contribution in [2.24, 2.45) is 16.8 Å². The predicted molar refractivity (Wildman–Crippen MR) is 108 cm³/mol. The van der Waals surface area contributed by atoms with Crippen molar-refractivity contribution >= 4 is 11.5 Å². The lowest BCUT2D eigenvalue weighted by molar-refractivity contribution is 0.227. The zero-order valence-electron chi connectivity index (χ0n) is 16.1. The van der Waals surface area contributed by atoms with Gasteiger partial charge in [-0.15, -0.1) is 0 Å². The van der Waals surface area contributed by atoms with E-state index in [9.17, 15) is 5.26 Å². The first-order valence-electron chi connectivity index (χ1n) is 9.14. The third-order valence-electron chi connectivity index (χ3n) is 4.76. The molecule has 0 radical (unpaired) electrons. The molecule has 4 heteroatoms. The lowest BCUT2D eigenvalue weighted by atomic mass is 10.00. The molecule has 0 N–H and O–H groups in total. The Morgan fingerprint density at radius 2 is 1.65 bits per heavy atom. The molecule has 0 fully saturated rings. The molecular formula is C22H26N4. The number of rotatable bonds is 4. The van der Waals surface area contributed by atoms with Crippen LogP contribution in [0, 0.1) is 23.2 Å². The molecule has 0 spiro atoms. The number of benzene rings is 2. The molecule has 4 nitrogen and oxygen atoms in total. The Bertz CT molecular complexity index is 843. The van der Waals surface area contributed by atoms with Crippen LogP contribution in [0.25, 0.3) is 11.1 Å². The smallest absolute Gasteiger partial charge is 0.124 e. The zero-order valence-corrected chi connectivity index (χ0v) is 16.1. The van der Waals surface area contributed by atoms with E-state index in [0.29, 0.717) is 17.4 Å². The molecule has 2 aromatic carbocycles. The summed E-state index contributed by atoms with van der Waals surface area (Å²) in [5, 5.41) is 13.8. The Balaban J connectivity index is 1.95. The second kappa shape index (κ2) is 7.31. The summed E-state index contributed by atoms with van der Waals surface area (Å²) < 4.78 is 0. The summed E-state index contributed by atoms with van der Waals surface area (Å²) in [6.45, 7) is 8.77. The summed E-state index contributed by atoms with van der Waals surface area (Å²) in [6, 6.07) is 18.4. The molecule has 0 aromatic heterocycles. The van der Waals surface area contributed by atoms with Crippen LogP contribution in [0.2, 0.25) is 0 Å². The molecule has 0 bridgehead atoms. The minimum absolute atomic E-state index is 0.159. The molecule has 2 aromatic rings. The van der Waals surface area contributed by atoms with Gasteiger partial charge in [-0.3, -0.25) is 5.01 Å². The summed E-state index contributed by atoms with van der Waals surface area (Å²) in [5.41, 5.74) is 3.81. The van der Waals surface area contributed by atoms with Crippen LogP contribution in [0.5, 0.6) is 0 Å². The van der Waals surface area contributed by atoms with Gasteiger partial charge in [-0.1, -0.05) is 58.0 Å². The minimum atomic E-state index is 0.159. The molecule has 1 aliphatic heterocycles. The van der Waals surface area contributed by atoms with Crippen LogP contribution in [0.15, 0.2) is 53.5 Å². The maximum Gasteiger partial charge on any atom is 0.124 e. The largest absolute Gasteiger partial charge is 0.259 e. The summed E-state index contributed by atoms with van der Waals surface area (Å²) in [5.74, 6) is 1.89. The van der Waals surface area contributed by atoms with Crippen molar-refractivity contribution < 1.29 is 0 Å². The molecule has 1 atom stereocenters. The van der Waals surface area contributed by atoms with Crippen molar-refractivity contribution in [2.45, 2.75) is 33.9 Å². The fourth-order valence-electron chi connectivity index (χ4n) is 3.46. The topological polar surface area (TPSA) is 42.6 Å². The van der Waals surface area contributed by atoms with E-state index < -0.39 is 0 Å². The van der Waals surface area contributed by atoms with Gasteiger partial charge in [-0.2, -0.15) is 10.3 Å². The highest BCUT2D eigenvalue weighted by molar-refractivity contribution is 5.99. The molecule has 0 saturated carbocycles. The molecule has 134 valence electrons. The second-order valence-corrected chi connectivity index (χ2v) is 7.39. The fourth-order valence-corrected chi connectivity index (χ4v) is 3.46. The lowest BCUT2D eigenvalue weighted by Crippen LogP contribution is -2.45. The number of aliphatic imine (C=N–C) groups is 1. The fraction of sp³-hybridized carbons (Fsp3) is 0.364. The molecule has 0 amide bonds. The number of hydrogen-bond donors (Lipinski definition) is 0. The van der Waals surface area contributed by atoms with E-state index in [2.05, 4.69) is 75.1 Å². The van der Waals surface area contributed by atoms with Crippen LogP contribution in [-0.2, 0) is 0 Å². The second-order valence-electron chi connectivity index (χ2n) is 7.39. The molecule has 0 saturated heterocycles. The average Bonchev–Trinajstić information content (AvgIpc) is 2.99. The van der Waals surface area contributed by atoms with Crippen LogP contribution < -0.4 is 5.01 Å². The molecular weight excluding hydrogens is 320 g/mol. The predicted octanol–water partition coefficient (Wildman–Crippen LogP) is 4.93. The van der Waals surface area contributed by atoms with Crippen LogP contribution >= 0.6 is 0 Å². The highest BCUT2D eigenvalue weighted by Gasteiger charge is 2.34. The Hall–Kier alpha value is -2.64. The SMILES string of the molecule is CC(C)C1=NC(C(C)C)N(C)N1c1ccc(-c2ccccc2C#N)cc1. The third-order valence-corrected chi connectivity index (χ3v) is 4.76. The van der Waals surface area contributed by atoms with Gasteiger partial charge in [-0.05, 0) is 35.2 Å². The quantitative estimate of drug-likeness (QED) is 0.788.